The van der Waals surface area contributed by atoms with Crippen molar-refractivity contribution in [2.45, 2.75) is 128 Å². The zero-order valence-electron chi connectivity index (χ0n) is 27.9. The number of hydrogen-bond acceptors (Lipinski definition) is 2. The molecule has 0 saturated heterocycles. The summed E-state index contributed by atoms with van der Waals surface area (Å²) >= 11 is 1.72. The lowest BCUT2D eigenvalue weighted by Gasteiger charge is -2.21. The number of allylic oxidation sites excluding steroid dienone is 3. The number of hydrogen-bond donors (Lipinski definition) is 0. The predicted molar refractivity (Wildman–Crippen MR) is 181 cm³/mol. The molecule has 38 heavy (non-hydrogen) atoms. The minimum absolute atomic E-state index is 0.0763. The van der Waals surface area contributed by atoms with Crippen molar-refractivity contribution in [3.8, 4) is 12.3 Å². The molecule has 0 saturated carbocycles. The van der Waals surface area contributed by atoms with Crippen molar-refractivity contribution in [2.24, 2.45) is 11.8 Å². The highest BCUT2D eigenvalue weighted by Crippen LogP contribution is 2.14. The van der Waals surface area contributed by atoms with Crippen molar-refractivity contribution in [3.63, 3.8) is 0 Å². The van der Waals surface area contributed by atoms with Crippen LogP contribution in [0.1, 0.15) is 120 Å². The second-order valence-electron chi connectivity index (χ2n) is 11.0. The van der Waals surface area contributed by atoms with Gasteiger partial charge in [0.15, 0.2) is 0 Å². The fraction of sp³-hybridized carbons (Fsp3) is 0.611. The molecule has 1 atom stereocenters. The highest BCUT2D eigenvalue weighted by molar-refractivity contribution is 8.01. The third-order valence-electron chi connectivity index (χ3n) is 5.24. The van der Waals surface area contributed by atoms with E-state index in [4.69, 9.17) is 4.74 Å². The number of rotatable bonds is 9. The van der Waals surface area contributed by atoms with Crippen LogP contribution in [0.4, 0.5) is 0 Å². The molecule has 220 valence electrons. The molecule has 2 heteroatoms. The fourth-order valence-electron chi connectivity index (χ4n) is 2.54. The van der Waals surface area contributed by atoms with E-state index in [0.29, 0.717) is 0 Å². The summed E-state index contributed by atoms with van der Waals surface area (Å²) in [5.41, 5.74) is 5.13. The Morgan fingerprint density at radius 1 is 1.08 bits per heavy atom. The lowest BCUT2D eigenvalue weighted by Crippen LogP contribution is -2.17. The molecule has 0 heterocycles. The van der Waals surface area contributed by atoms with Crippen LogP contribution in [-0.4, -0.2) is 11.9 Å². The van der Waals surface area contributed by atoms with Gasteiger partial charge in [-0.05, 0) is 89.5 Å². The molecule has 0 amide bonds. The largest absolute Gasteiger partial charge is 0.493 e. The Kier molecular flexibility index (Phi) is 32.0. The van der Waals surface area contributed by atoms with Crippen LogP contribution in [0.5, 0.6) is 0 Å². The molecule has 1 aromatic rings. The van der Waals surface area contributed by atoms with Gasteiger partial charge in [0.05, 0.1) is 5.76 Å². The average molecular weight is 545 g/mol. The van der Waals surface area contributed by atoms with E-state index in [9.17, 15) is 0 Å². The van der Waals surface area contributed by atoms with Gasteiger partial charge in [0.1, 0.15) is 5.60 Å². The molecule has 1 unspecified atom stereocenters. The zero-order chi connectivity index (χ0) is 30.7. The molecule has 0 aliphatic heterocycles. The Balaban J connectivity index is -0.000000196. The molecular formula is C36H64OS. The maximum Gasteiger partial charge on any atom is 0.100 e. The Morgan fingerprint density at radius 3 is 1.84 bits per heavy atom. The molecule has 0 aliphatic rings. The van der Waals surface area contributed by atoms with Crippen molar-refractivity contribution in [2.75, 3.05) is 6.26 Å². The van der Waals surface area contributed by atoms with Gasteiger partial charge >= 0.3 is 0 Å². The maximum atomic E-state index is 5.39. The molecule has 0 aliphatic carbocycles. The molecule has 0 aromatic heterocycles. The third kappa shape index (κ3) is 38.7. The summed E-state index contributed by atoms with van der Waals surface area (Å²) in [6.45, 7) is 34.9. The summed E-state index contributed by atoms with van der Waals surface area (Å²) in [6.07, 6.45) is 12.8. The maximum absolute atomic E-state index is 5.39. The van der Waals surface area contributed by atoms with Crippen LogP contribution in [-0.2, 0) is 11.2 Å². The van der Waals surface area contributed by atoms with Crippen LogP contribution in [0.2, 0.25) is 0 Å². The molecule has 0 radical (unpaired) electrons. The van der Waals surface area contributed by atoms with Crippen molar-refractivity contribution in [3.05, 3.63) is 70.9 Å². The van der Waals surface area contributed by atoms with Gasteiger partial charge in [0.25, 0.3) is 0 Å². The first kappa shape index (κ1) is 43.2. The van der Waals surface area contributed by atoms with E-state index >= 15 is 0 Å². The summed E-state index contributed by atoms with van der Waals surface area (Å²) in [4.78, 5) is 0. The van der Waals surface area contributed by atoms with Crippen LogP contribution in [0.15, 0.2) is 59.7 Å². The van der Waals surface area contributed by atoms with Gasteiger partial charge in [0, 0.05) is 6.42 Å². The van der Waals surface area contributed by atoms with Gasteiger partial charge in [0.2, 0.25) is 0 Å². The number of ether oxygens (including phenoxy) is 1. The smallest absolute Gasteiger partial charge is 0.100 e. The van der Waals surface area contributed by atoms with Crippen molar-refractivity contribution < 1.29 is 4.74 Å². The Morgan fingerprint density at radius 2 is 1.61 bits per heavy atom. The van der Waals surface area contributed by atoms with Crippen LogP contribution >= 0.6 is 11.8 Å². The van der Waals surface area contributed by atoms with Crippen LogP contribution in [0.25, 0.3) is 0 Å². The van der Waals surface area contributed by atoms with Gasteiger partial charge in [-0.3, -0.25) is 0 Å². The van der Waals surface area contributed by atoms with Gasteiger partial charge < -0.3 is 4.74 Å². The normalized spacial score (nSPS) is 10.9. The van der Waals surface area contributed by atoms with E-state index < -0.39 is 0 Å². The molecule has 1 nitrogen and oxygen atoms in total. The number of terminal acetylenes is 1. The summed E-state index contributed by atoms with van der Waals surface area (Å²) in [5, 5.41) is 2.10. The number of aryl methyl sites for hydroxylation is 2. The third-order valence-corrected chi connectivity index (χ3v) is 5.83. The molecule has 0 fully saturated rings. The highest BCUT2D eigenvalue weighted by Gasteiger charge is 2.10. The predicted octanol–water partition coefficient (Wildman–Crippen LogP) is 12.2. The summed E-state index contributed by atoms with van der Waals surface area (Å²) < 4.78 is 5.39. The van der Waals surface area contributed by atoms with E-state index in [1.165, 1.54) is 36.0 Å². The lowest BCUT2D eigenvalue weighted by molar-refractivity contribution is 0.0491. The standard InChI is InChI=1S/C9H12.C9H20.C8H16O.C7H12S.C3H4/c1-3-9-6-4-5-8(2)7-9;1-5-9(4)7-6-8(2)3;1-6-7(2)9-8(3,4)5;1-6(2)7(3)5-8-4;1-3-2/h4-7H,3H2,1-2H3;8-9H,5-7H2,1-4H3;2,6H2,1,3-5H3;5H,1H2,2-4H3;1H,2H3/b;;;7-5+;. The molecule has 0 N–H and O–H groups in total. The van der Waals surface area contributed by atoms with E-state index in [2.05, 4.69) is 104 Å². The van der Waals surface area contributed by atoms with Crippen LogP contribution in [0.3, 0.4) is 0 Å². The van der Waals surface area contributed by atoms with Crippen molar-refractivity contribution in [1.29, 1.82) is 0 Å². The number of thioether (sulfide) groups is 1. The van der Waals surface area contributed by atoms with Gasteiger partial charge in [-0.1, -0.05) is 109 Å². The van der Waals surface area contributed by atoms with E-state index in [1.807, 2.05) is 40.9 Å². The number of benzene rings is 1. The first-order chi connectivity index (χ1) is 17.5. The Hall–Kier alpha value is -1.85. The molecule has 0 spiro atoms. The lowest BCUT2D eigenvalue weighted by atomic mass is 9.98. The van der Waals surface area contributed by atoms with Crippen LogP contribution in [0, 0.1) is 31.1 Å². The van der Waals surface area contributed by atoms with Crippen molar-refractivity contribution >= 4 is 11.8 Å². The van der Waals surface area contributed by atoms with E-state index in [-0.39, 0.29) is 5.60 Å². The summed E-state index contributed by atoms with van der Waals surface area (Å²) in [5.74, 6) is 4.94. The Bertz CT molecular complexity index is 771. The zero-order valence-corrected chi connectivity index (χ0v) is 28.7. The fourth-order valence-corrected chi connectivity index (χ4v) is 3.09. The minimum atomic E-state index is -0.0763. The molecule has 1 aromatic carbocycles. The Labute approximate surface area is 245 Å². The molecular weight excluding hydrogens is 480 g/mol. The van der Waals surface area contributed by atoms with E-state index in [0.717, 1.165) is 36.0 Å². The molecule has 0 bridgehead atoms. The first-order valence-electron chi connectivity index (χ1n) is 14.2. The monoisotopic (exact) mass is 544 g/mol. The second kappa shape index (κ2) is 28.2. The second-order valence-corrected chi connectivity index (χ2v) is 11.7. The van der Waals surface area contributed by atoms with E-state index in [1.54, 1.807) is 18.7 Å². The van der Waals surface area contributed by atoms with Gasteiger partial charge in [-0.2, -0.15) is 0 Å². The van der Waals surface area contributed by atoms with Gasteiger partial charge in [-0.25, -0.2) is 0 Å². The van der Waals surface area contributed by atoms with Crippen molar-refractivity contribution in [1.82, 2.24) is 0 Å². The topological polar surface area (TPSA) is 9.23 Å². The average Bonchev–Trinajstić information content (AvgIpc) is 2.83. The summed E-state index contributed by atoms with van der Waals surface area (Å²) in [6, 6.07) is 8.61. The quantitative estimate of drug-likeness (QED) is 0.174. The first-order valence-corrected chi connectivity index (χ1v) is 15.5. The van der Waals surface area contributed by atoms with Crippen LogP contribution < -0.4 is 0 Å². The molecule has 1 rings (SSSR count). The minimum Gasteiger partial charge on any atom is -0.493 e. The summed E-state index contributed by atoms with van der Waals surface area (Å²) in [7, 11) is 0. The SMILES string of the molecule is C#CC.C=C(C)/C(C)=C/SC.C=C(CC)OC(C)(C)C.CCC(C)CCC(C)C.CCc1cccc(C)c1. The highest BCUT2D eigenvalue weighted by atomic mass is 32.2. The van der Waals surface area contributed by atoms with Gasteiger partial charge in [-0.15, -0.1) is 24.1 Å².